The summed E-state index contributed by atoms with van der Waals surface area (Å²) in [6.45, 7) is 9.31. The van der Waals surface area contributed by atoms with Gasteiger partial charge in [-0.2, -0.15) is 0 Å². The molecule has 212 valence electrons. The van der Waals surface area contributed by atoms with Gasteiger partial charge in [-0.25, -0.2) is 14.4 Å². The molecule has 1 amide bonds. The van der Waals surface area contributed by atoms with E-state index in [4.69, 9.17) is 9.47 Å². The van der Waals surface area contributed by atoms with Gasteiger partial charge in [-0.1, -0.05) is 13.0 Å². The second-order valence-corrected chi connectivity index (χ2v) is 11.5. The number of aliphatic hydroxyl groups is 1. The van der Waals surface area contributed by atoms with Crippen LogP contribution in [0.1, 0.15) is 50.9 Å². The van der Waals surface area contributed by atoms with Gasteiger partial charge in [0.05, 0.1) is 37.0 Å². The van der Waals surface area contributed by atoms with Crippen LogP contribution < -0.4 is 10.7 Å². The molecule has 2 bridgehead atoms. The number of nitrogens with zero attached hydrogens (tertiary/aromatic N) is 4. The third kappa shape index (κ3) is 4.65. The van der Waals surface area contributed by atoms with E-state index >= 15 is 4.39 Å². The number of aliphatic hydroxyl groups excluding tert-OH is 1. The fraction of sp³-hybridized carbons (Fsp3) is 0.517. The van der Waals surface area contributed by atoms with Crippen molar-refractivity contribution in [3.05, 3.63) is 51.7 Å². The largest absolute Gasteiger partial charge is 0.386 e. The number of ether oxygens (including phenoxy) is 2. The van der Waals surface area contributed by atoms with Crippen LogP contribution in [0.25, 0.3) is 22.2 Å². The van der Waals surface area contributed by atoms with Crippen LogP contribution in [0.3, 0.4) is 0 Å². The second-order valence-electron chi connectivity index (χ2n) is 11.5. The Morgan fingerprint density at radius 2 is 2.08 bits per heavy atom. The van der Waals surface area contributed by atoms with Crippen molar-refractivity contribution < 1.29 is 23.8 Å². The Labute approximate surface area is 231 Å². The minimum Gasteiger partial charge on any atom is -0.386 e. The molecule has 2 aromatic heterocycles. The minimum absolute atomic E-state index is 0.0257. The molecular weight excluding hydrogens is 517 g/mol. The summed E-state index contributed by atoms with van der Waals surface area (Å²) in [6.07, 6.45) is 0.360. The number of carbonyl (C=O) groups is 1. The molecule has 1 aromatic carbocycles. The topological polar surface area (TPSA) is 119 Å². The molecule has 11 heteroatoms. The smallest absolute Gasteiger partial charge is 0.223 e. The Hall–Kier alpha value is -3.41. The van der Waals surface area contributed by atoms with E-state index in [9.17, 15) is 14.7 Å². The van der Waals surface area contributed by atoms with Crippen molar-refractivity contribution in [3.63, 3.8) is 0 Å². The number of carbonyl (C=O) groups excluding carboxylic acids is 1. The number of fused-ring (bicyclic) bond motifs is 3. The highest BCUT2D eigenvalue weighted by Crippen LogP contribution is 2.32. The standard InChI is InChI=1S/C29H34FN5O5/c1-14(2)35-22-8-17(5-6-19(22)26(37)16(4)23(35)12-34-11-15(3)7-24(34)36)25-20(30)10-31-29(33-25)32-21-9-18-13-39-28(40-18)27(21)38/h5-6,8,10,14-15,18,21,27-28,38H,7,9,11-13H2,1-4H3,(H,31,32,33)/t15-,18-,21+,27-,28+/m0/s1. The molecule has 5 heterocycles. The lowest BCUT2D eigenvalue weighted by Gasteiger charge is -2.32. The fourth-order valence-corrected chi connectivity index (χ4v) is 6.15. The zero-order valence-electron chi connectivity index (χ0n) is 23.1. The van der Waals surface area contributed by atoms with Crippen molar-refractivity contribution in [2.45, 2.75) is 77.7 Å². The molecule has 3 aromatic rings. The summed E-state index contributed by atoms with van der Waals surface area (Å²) in [5, 5.41) is 14.2. The maximum Gasteiger partial charge on any atom is 0.223 e. The molecular formula is C29H34FN5O5. The number of benzene rings is 1. The summed E-state index contributed by atoms with van der Waals surface area (Å²) < 4.78 is 28.2. The van der Waals surface area contributed by atoms with Gasteiger partial charge in [-0.15, -0.1) is 0 Å². The summed E-state index contributed by atoms with van der Waals surface area (Å²) in [7, 11) is 0. The van der Waals surface area contributed by atoms with Crippen molar-refractivity contribution in [1.82, 2.24) is 19.4 Å². The maximum atomic E-state index is 15.1. The number of pyridine rings is 1. The lowest BCUT2D eigenvalue weighted by Crippen LogP contribution is -2.48. The van der Waals surface area contributed by atoms with E-state index in [1.54, 1.807) is 25.1 Å². The van der Waals surface area contributed by atoms with E-state index in [1.807, 2.05) is 25.7 Å². The molecule has 0 unspecified atom stereocenters. The van der Waals surface area contributed by atoms with Crippen LogP contribution >= 0.6 is 0 Å². The average Bonchev–Trinajstić information content (AvgIpc) is 3.48. The number of hydrogen-bond acceptors (Lipinski definition) is 8. The first-order chi connectivity index (χ1) is 19.1. The van der Waals surface area contributed by atoms with Gasteiger partial charge in [0, 0.05) is 41.2 Å². The fourth-order valence-electron chi connectivity index (χ4n) is 6.15. The molecule has 0 saturated carbocycles. The second kappa shape index (κ2) is 10.2. The third-order valence-electron chi connectivity index (χ3n) is 8.14. The van der Waals surface area contributed by atoms with Crippen LogP contribution in [0, 0.1) is 18.7 Å². The van der Waals surface area contributed by atoms with Gasteiger partial charge in [-0.05, 0) is 45.2 Å². The van der Waals surface area contributed by atoms with Crippen LogP contribution in [-0.4, -0.2) is 68.1 Å². The molecule has 0 radical (unpaired) electrons. The maximum absolute atomic E-state index is 15.1. The highest BCUT2D eigenvalue weighted by Gasteiger charge is 2.43. The Morgan fingerprint density at radius 1 is 1.27 bits per heavy atom. The van der Waals surface area contributed by atoms with E-state index in [0.29, 0.717) is 54.6 Å². The first-order valence-electron chi connectivity index (χ1n) is 13.8. The van der Waals surface area contributed by atoms with Crippen LogP contribution in [0.15, 0.2) is 29.2 Å². The van der Waals surface area contributed by atoms with Crippen molar-refractivity contribution in [3.8, 4) is 11.3 Å². The molecule has 5 atom stereocenters. The number of halogens is 1. The molecule has 10 nitrogen and oxygen atoms in total. The Morgan fingerprint density at radius 3 is 2.80 bits per heavy atom. The monoisotopic (exact) mass is 551 g/mol. The number of hydrogen-bond donors (Lipinski definition) is 2. The normalized spacial score (nSPS) is 26.3. The molecule has 40 heavy (non-hydrogen) atoms. The number of aromatic nitrogens is 3. The van der Waals surface area contributed by atoms with Gasteiger partial charge < -0.3 is 29.4 Å². The zero-order chi connectivity index (χ0) is 28.3. The number of amides is 1. The predicted molar refractivity (Wildman–Crippen MR) is 146 cm³/mol. The lowest BCUT2D eigenvalue weighted by atomic mass is 10.0. The van der Waals surface area contributed by atoms with Gasteiger partial charge >= 0.3 is 0 Å². The van der Waals surface area contributed by atoms with Gasteiger partial charge in [0.2, 0.25) is 11.9 Å². The number of likely N-dealkylation sites (tertiary alicyclic amines) is 1. The van der Waals surface area contributed by atoms with Gasteiger partial charge in [0.1, 0.15) is 11.8 Å². The predicted octanol–water partition coefficient (Wildman–Crippen LogP) is 3.14. The van der Waals surface area contributed by atoms with Crippen LogP contribution in [-0.2, 0) is 20.8 Å². The highest BCUT2D eigenvalue weighted by atomic mass is 19.1. The Balaban J connectivity index is 1.40. The molecule has 3 aliphatic heterocycles. The lowest BCUT2D eigenvalue weighted by molar-refractivity contribution is -0.156. The van der Waals surface area contributed by atoms with Crippen LogP contribution in [0.4, 0.5) is 10.3 Å². The van der Waals surface area contributed by atoms with E-state index in [0.717, 1.165) is 11.9 Å². The SMILES string of the molecule is Cc1c(CN2C[C@@H](C)CC2=O)n(C(C)C)c2cc(-c3nc(N[C@@H]4C[C@H]5CO[C@H](O5)[C@H]4O)ncc3F)ccc2c1=O. The summed E-state index contributed by atoms with van der Waals surface area (Å²) in [5.41, 5.74) is 2.49. The van der Waals surface area contributed by atoms with Crippen molar-refractivity contribution >= 4 is 22.8 Å². The van der Waals surface area contributed by atoms with Gasteiger partial charge in [0.15, 0.2) is 17.5 Å². The van der Waals surface area contributed by atoms with E-state index in [-0.39, 0.29) is 41.0 Å². The molecule has 3 aliphatic rings. The molecule has 0 aliphatic carbocycles. The molecule has 3 saturated heterocycles. The quantitative estimate of drug-likeness (QED) is 0.480. The summed E-state index contributed by atoms with van der Waals surface area (Å²) in [6, 6.07) is 4.74. The summed E-state index contributed by atoms with van der Waals surface area (Å²) in [5.74, 6) is -0.0778. The molecule has 3 fully saturated rings. The Kier molecular flexibility index (Phi) is 6.84. The summed E-state index contributed by atoms with van der Waals surface area (Å²) in [4.78, 5) is 36.4. The molecule has 6 rings (SSSR count). The van der Waals surface area contributed by atoms with Crippen molar-refractivity contribution in [2.75, 3.05) is 18.5 Å². The number of anilines is 1. The van der Waals surface area contributed by atoms with Crippen molar-refractivity contribution in [1.29, 1.82) is 0 Å². The van der Waals surface area contributed by atoms with Crippen molar-refractivity contribution in [2.24, 2.45) is 5.92 Å². The highest BCUT2D eigenvalue weighted by molar-refractivity contribution is 5.85. The summed E-state index contributed by atoms with van der Waals surface area (Å²) >= 11 is 0. The average molecular weight is 552 g/mol. The van der Waals surface area contributed by atoms with E-state index in [1.165, 1.54) is 0 Å². The molecule has 2 N–H and O–H groups in total. The first-order valence-corrected chi connectivity index (χ1v) is 13.8. The number of rotatable bonds is 6. The van der Waals surface area contributed by atoms with Gasteiger partial charge in [0.25, 0.3) is 0 Å². The van der Waals surface area contributed by atoms with Crippen LogP contribution in [0.2, 0.25) is 0 Å². The number of nitrogens with one attached hydrogen (secondary N) is 1. The molecule has 0 spiro atoms. The van der Waals surface area contributed by atoms with E-state index < -0.39 is 24.3 Å². The minimum atomic E-state index is -0.913. The van der Waals surface area contributed by atoms with Crippen LogP contribution in [0.5, 0.6) is 0 Å². The van der Waals surface area contributed by atoms with Gasteiger partial charge in [-0.3, -0.25) is 9.59 Å². The third-order valence-corrected chi connectivity index (χ3v) is 8.14. The Bertz CT molecular complexity index is 1540. The van der Waals surface area contributed by atoms with E-state index in [2.05, 4.69) is 19.9 Å². The first kappa shape index (κ1) is 26.8. The zero-order valence-corrected chi connectivity index (χ0v) is 23.1.